The van der Waals surface area contributed by atoms with Gasteiger partial charge in [0.2, 0.25) is 0 Å². The van der Waals surface area contributed by atoms with Gasteiger partial charge in [-0.25, -0.2) is 9.18 Å². The number of hydrogen-bond donors (Lipinski definition) is 0. The predicted octanol–water partition coefficient (Wildman–Crippen LogP) is 2.49. The number of hydrogen-bond acceptors (Lipinski definition) is 5. The van der Waals surface area contributed by atoms with Crippen molar-refractivity contribution in [3.05, 3.63) is 29.6 Å². The molecule has 0 N–H and O–H groups in total. The first kappa shape index (κ1) is 17.7. The Bertz CT molecular complexity index is 536. The molecule has 0 spiro atoms. The first-order valence-corrected chi connectivity index (χ1v) is 7.81. The van der Waals surface area contributed by atoms with Crippen molar-refractivity contribution in [3.8, 4) is 5.75 Å². The number of halogens is 1. The molecule has 0 amide bonds. The Hall–Kier alpha value is -1.66. The van der Waals surface area contributed by atoms with Gasteiger partial charge in [-0.2, -0.15) is 0 Å². The molecule has 1 aliphatic rings. The molecule has 0 aliphatic carbocycles. The van der Waals surface area contributed by atoms with E-state index in [1.807, 2.05) is 20.8 Å². The number of carbonyl (C=O) groups excluding carboxylic acids is 1. The molecule has 1 saturated heterocycles. The number of rotatable bonds is 5. The van der Waals surface area contributed by atoms with Crippen molar-refractivity contribution in [2.45, 2.75) is 26.4 Å². The maximum atomic E-state index is 13.8. The molecule has 1 aliphatic heterocycles. The average Bonchev–Trinajstić information content (AvgIpc) is 2.49. The van der Waals surface area contributed by atoms with Gasteiger partial charge in [-0.15, -0.1) is 0 Å². The molecule has 1 aromatic rings. The zero-order chi connectivity index (χ0) is 16.9. The van der Waals surface area contributed by atoms with E-state index in [1.54, 1.807) is 0 Å². The van der Waals surface area contributed by atoms with Crippen LogP contribution in [-0.4, -0.2) is 55.9 Å². The Morgan fingerprint density at radius 2 is 2.00 bits per heavy atom. The van der Waals surface area contributed by atoms with Gasteiger partial charge in [-0.1, -0.05) is 0 Å². The molecule has 2 rings (SSSR count). The minimum Gasteiger partial charge on any atom is -0.485 e. The molecule has 1 fully saturated rings. The Balaban J connectivity index is 1.89. The van der Waals surface area contributed by atoms with Crippen molar-refractivity contribution in [3.63, 3.8) is 0 Å². The van der Waals surface area contributed by atoms with Crippen LogP contribution >= 0.6 is 0 Å². The van der Waals surface area contributed by atoms with Crippen LogP contribution in [-0.2, 0) is 9.47 Å². The Morgan fingerprint density at radius 3 is 2.65 bits per heavy atom. The van der Waals surface area contributed by atoms with E-state index in [-0.39, 0.29) is 11.3 Å². The summed E-state index contributed by atoms with van der Waals surface area (Å²) in [5.74, 6) is -0.915. The maximum absolute atomic E-state index is 13.8. The molecule has 6 heteroatoms. The summed E-state index contributed by atoms with van der Waals surface area (Å²) in [6.07, 6.45) is 0. The van der Waals surface area contributed by atoms with Gasteiger partial charge >= 0.3 is 5.97 Å². The van der Waals surface area contributed by atoms with Gasteiger partial charge in [0, 0.05) is 19.6 Å². The van der Waals surface area contributed by atoms with E-state index in [2.05, 4.69) is 4.90 Å². The topological polar surface area (TPSA) is 48.0 Å². The molecule has 5 nitrogen and oxygen atoms in total. The maximum Gasteiger partial charge on any atom is 0.338 e. The molecule has 0 unspecified atom stereocenters. The highest BCUT2D eigenvalue weighted by molar-refractivity contribution is 5.89. The molecule has 1 heterocycles. The van der Waals surface area contributed by atoms with Crippen molar-refractivity contribution < 1.29 is 23.4 Å². The molecule has 128 valence electrons. The van der Waals surface area contributed by atoms with Crippen LogP contribution in [0.5, 0.6) is 5.75 Å². The summed E-state index contributed by atoms with van der Waals surface area (Å²) in [5.41, 5.74) is -0.257. The molecule has 0 radical (unpaired) electrons. The third-order valence-electron chi connectivity index (χ3n) is 3.33. The summed E-state index contributed by atoms with van der Waals surface area (Å²) in [5, 5.41) is 0. The fourth-order valence-electron chi connectivity index (χ4n) is 2.21. The second kappa shape index (κ2) is 7.75. The van der Waals surface area contributed by atoms with Gasteiger partial charge < -0.3 is 14.2 Å². The molecule has 23 heavy (non-hydrogen) atoms. The lowest BCUT2D eigenvalue weighted by molar-refractivity contribution is 0.0195. The zero-order valence-corrected chi connectivity index (χ0v) is 13.9. The molecule has 1 aromatic carbocycles. The van der Waals surface area contributed by atoms with Crippen LogP contribution in [0.2, 0.25) is 0 Å². The van der Waals surface area contributed by atoms with Crippen LogP contribution in [0.1, 0.15) is 31.1 Å². The lowest BCUT2D eigenvalue weighted by Crippen LogP contribution is -2.38. The summed E-state index contributed by atoms with van der Waals surface area (Å²) in [7, 11) is 0. The molecular formula is C17H24FNO4. The monoisotopic (exact) mass is 325 g/mol. The van der Waals surface area contributed by atoms with Crippen LogP contribution in [0.4, 0.5) is 4.39 Å². The van der Waals surface area contributed by atoms with Crippen LogP contribution in [0.15, 0.2) is 18.2 Å². The minimum atomic E-state index is -0.542. The smallest absolute Gasteiger partial charge is 0.338 e. The molecular weight excluding hydrogens is 301 g/mol. The quantitative estimate of drug-likeness (QED) is 0.779. The normalized spacial score (nSPS) is 16.2. The molecule has 0 saturated carbocycles. The van der Waals surface area contributed by atoms with Crippen LogP contribution in [0.25, 0.3) is 0 Å². The van der Waals surface area contributed by atoms with E-state index in [4.69, 9.17) is 14.2 Å². The minimum absolute atomic E-state index is 0.0557. The second-order valence-electron chi connectivity index (χ2n) is 6.45. The average molecular weight is 325 g/mol. The lowest BCUT2D eigenvalue weighted by Gasteiger charge is -2.26. The summed E-state index contributed by atoms with van der Waals surface area (Å²) in [6, 6.07) is 4.01. The van der Waals surface area contributed by atoms with Gasteiger partial charge in [-0.3, -0.25) is 4.90 Å². The van der Waals surface area contributed by atoms with E-state index >= 15 is 0 Å². The molecule has 0 atom stereocenters. The highest BCUT2D eigenvalue weighted by Crippen LogP contribution is 2.23. The third kappa shape index (κ3) is 5.80. The van der Waals surface area contributed by atoms with Crippen molar-refractivity contribution in [1.29, 1.82) is 0 Å². The number of benzene rings is 1. The fourth-order valence-corrected chi connectivity index (χ4v) is 2.21. The standard InChI is InChI=1S/C17H24FNO4/c1-17(2,3)23-15-12-13(4-5-14(15)18)16(20)22-11-8-19-6-9-21-10-7-19/h4-5,12H,6-11H2,1-3H3. The summed E-state index contributed by atoms with van der Waals surface area (Å²) < 4.78 is 29.8. The van der Waals surface area contributed by atoms with Gasteiger partial charge in [0.05, 0.1) is 18.8 Å². The molecule has 0 bridgehead atoms. The summed E-state index contributed by atoms with van der Waals surface area (Å²) >= 11 is 0. The second-order valence-corrected chi connectivity index (χ2v) is 6.45. The first-order chi connectivity index (χ1) is 10.8. The summed E-state index contributed by atoms with van der Waals surface area (Å²) in [4.78, 5) is 14.2. The number of esters is 1. The number of nitrogens with zero attached hydrogens (tertiary/aromatic N) is 1. The highest BCUT2D eigenvalue weighted by Gasteiger charge is 2.18. The van der Waals surface area contributed by atoms with E-state index in [1.165, 1.54) is 18.2 Å². The van der Waals surface area contributed by atoms with E-state index in [9.17, 15) is 9.18 Å². The fraction of sp³-hybridized carbons (Fsp3) is 0.588. The van der Waals surface area contributed by atoms with Crippen molar-refractivity contribution in [2.75, 3.05) is 39.5 Å². The van der Waals surface area contributed by atoms with Crippen molar-refractivity contribution in [2.24, 2.45) is 0 Å². The highest BCUT2D eigenvalue weighted by atomic mass is 19.1. The summed E-state index contributed by atoms with van der Waals surface area (Å²) in [6.45, 7) is 9.53. The van der Waals surface area contributed by atoms with Gasteiger partial charge in [-0.05, 0) is 39.0 Å². The Kier molecular flexibility index (Phi) is 5.96. The van der Waals surface area contributed by atoms with Gasteiger partial charge in [0.1, 0.15) is 12.2 Å². The SMILES string of the molecule is CC(C)(C)Oc1cc(C(=O)OCCN2CCOCC2)ccc1F. The zero-order valence-electron chi connectivity index (χ0n) is 13.9. The third-order valence-corrected chi connectivity index (χ3v) is 3.33. The van der Waals surface area contributed by atoms with Crippen molar-refractivity contribution in [1.82, 2.24) is 4.90 Å². The van der Waals surface area contributed by atoms with Crippen LogP contribution < -0.4 is 4.74 Å². The largest absolute Gasteiger partial charge is 0.485 e. The molecule has 0 aromatic heterocycles. The Labute approximate surface area is 136 Å². The van der Waals surface area contributed by atoms with Crippen LogP contribution in [0, 0.1) is 5.82 Å². The predicted molar refractivity (Wildman–Crippen MR) is 84.3 cm³/mol. The number of ether oxygens (including phenoxy) is 3. The van der Waals surface area contributed by atoms with Crippen molar-refractivity contribution >= 4 is 5.97 Å². The van der Waals surface area contributed by atoms with Gasteiger partial charge in [0.25, 0.3) is 0 Å². The Morgan fingerprint density at radius 1 is 1.30 bits per heavy atom. The van der Waals surface area contributed by atoms with Gasteiger partial charge in [0.15, 0.2) is 11.6 Å². The lowest BCUT2D eigenvalue weighted by atomic mass is 10.1. The van der Waals surface area contributed by atoms with E-state index < -0.39 is 17.4 Å². The first-order valence-electron chi connectivity index (χ1n) is 7.81. The van der Waals surface area contributed by atoms with Crippen LogP contribution in [0.3, 0.4) is 0 Å². The number of morpholine rings is 1. The van der Waals surface area contributed by atoms with E-state index in [0.29, 0.717) is 26.4 Å². The number of carbonyl (C=O) groups is 1. The van der Waals surface area contributed by atoms with E-state index in [0.717, 1.165) is 13.1 Å².